The Bertz CT molecular complexity index is 1490. The number of fused-ring (bicyclic) bond motifs is 2. The van der Waals surface area contributed by atoms with Gasteiger partial charge in [-0.05, 0) is 50.6 Å². The lowest BCUT2D eigenvalue weighted by Crippen LogP contribution is -2.24. The van der Waals surface area contributed by atoms with Gasteiger partial charge >= 0.3 is 0 Å². The number of aryl methyl sites for hydroxylation is 1. The van der Waals surface area contributed by atoms with E-state index in [4.69, 9.17) is 14.5 Å². The van der Waals surface area contributed by atoms with Crippen LogP contribution in [-0.2, 0) is 6.54 Å². The highest BCUT2D eigenvalue weighted by molar-refractivity contribution is 7.99. The summed E-state index contributed by atoms with van der Waals surface area (Å²) in [5.74, 6) is 1.62. The molecule has 35 heavy (non-hydrogen) atoms. The van der Waals surface area contributed by atoms with Crippen molar-refractivity contribution in [1.29, 1.82) is 0 Å². The molecule has 7 nitrogen and oxygen atoms in total. The molecule has 0 amide bonds. The second-order valence-corrected chi connectivity index (χ2v) is 9.53. The average Bonchev–Trinajstić information content (AvgIpc) is 3.45. The van der Waals surface area contributed by atoms with E-state index in [1.165, 1.54) is 11.8 Å². The fraction of sp³-hybridized carbons (Fsp3) is 0.296. The lowest BCUT2D eigenvalue weighted by molar-refractivity contribution is 0.102. The topological polar surface area (TPSA) is 75.3 Å². The Kier molecular flexibility index (Phi) is 6.38. The molecule has 8 heteroatoms. The Morgan fingerprint density at radius 1 is 1.09 bits per heavy atom. The van der Waals surface area contributed by atoms with Crippen LogP contribution in [0.25, 0.3) is 16.6 Å². The van der Waals surface area contributed by atoms with E-state index < -0.39 is 0 Å². The van der Waals surface area contributed by atoms with Crippen molar-refractivity contribution in [3.63, 3.8) is 0 Å². The molecule has 0 N–H and O–H groups in total. The SMILES string of the molecule is CCCCn1c(SCC(=O)c2cc(C)n(-c3ccc4c(c3)OCO4)c2C)nc2ccccc2c1=O. The number of ketones is 1. The monoisotopic (exact) mass is 489 g/mol. The summed E-state index contributed by atoms with van der Waals surface area (Å²) in [5.41, 5.74) is 4.00. The van der Waals surface area contributed by atoms with Gasteiger partial charge in [-0.15, -0.1) is 0 Å². The van der Waals surface area contributed by atoms with Crippen LogP contribution in [0, 0.1) is 13.8 Å². The number of nitrogens with zero attached hydrogens (tertiary/aromatic N) is 3. The van der Waals surface area contributed by atoms with E-state index in [9.17, 15) is 9.59 Å². The molecule has 0 saturated heterocycles. The van der Waals surface area contributed by atoms with E-state index in [1.807, 2.05) is 60.9 Å². The number of benzene rings is 2. The van der Waals surface area contributed by atoms with Crippen molar-refractivity contribution < 1.29 is 14.3 Å². The van der Waals surface area contributed by atoms with Gasteiger partial charge in [0.15, 0.2) is 22.4 Å². The first kappa shape index (κ1) is 23.2. The molecule has 3 heterocycles. The summed E-state index contributed by atoms with van der Waals surface area (Å²) in [7, 11) is 0. The van der Waals surface area contributed by atoms with E-state index in [0.717, 1.165) is 35.7 Å². The van der Waals surface area contributed by atoms with Gasteiger partial charge < -0.3 is 14.0 Å². The van der Waals surface area contributed by atoms with Gasteiger partial charge in [0.2, 0.25) is 6.79 Å². The second kappa shape index (κ2) is 9.62. The third-order valence-electron chi connectivity index (χ3n) is 6.24. The minimum atomic E-state index is -0.0556. The number of carbonyl (C=O) groups excluding carboxylic acids is 1. The first-order valence-corrected chi connectivity index (χ1v) is 12.7. The number of carbonyl (C=O) groups is 1. The molecule has 5 rings (SSSR count). The zero-order valence-electron chi connectivity index (χ0n) is 20.0. The first-order valence-electron chi connectivity index (χ1n) is 11.7. The standard InChI is InChI=1S/C27H27N3O4S/c1-4-5-12-29-26(32)20-8-6-7-9-22(20)28-27(29)35-15-23(31)21-13-17(2)30(18(21)3)19-10-11-24-25(14-19)34-16-33-24/h6-11,13-14H,4-5,12,15-16H2,1-3H3. The Morgan fingerprint density at radius 3 is 2.71 bits per heavy atom. The molecule has 0 unspecified atom stereocenters. The van der Waals surface area contributed by atoms with Gasteiger partial charge in [0.25, 0.3) is 5.56 Å². The van der Waals surface area contributed by atoms with Crippen LogP contribution in [0.15, 0.2) is 58.5 Å². The van der Waals surface area contributed by atoms with E-state index in [1.54, 1.807) is 10.6 Å². The van der Waals surface area contributed by atoms with Crippen molar-refractivity contribution in [2.45, 2.75) is 45.3 Å². The largest absolute Gasteiger partial charge is 0.454 e. The van der Waals surface area contributed by atoms with Crippen LogP contribution in [0.4, 0.5) is 0 Å². The molecule has 0 spiro atoms. The summed E-state index contributed by atoms with van der Waals surface area (Å²) in [5, 5.41) is 1.19. The van der Waals surface area contributed by atoms with Gasteiger partial charge in [0.05, 0.1) is 16.7 Å². The minimum Gasteiger partial charge on any atom is -0.454 e. The van der Waals surface area contributed by atoms with Gasteiger partial charge in [0, 0.05) is 35.2 Å². The van der Waals surface area contributed by atoms with Gasteiger partial charge in [-0.25, -0.2) is 4.98 Å². The lowest BCUT2D eigenvalue weighted by Gasteiger charge is -2.13. The maximum atomic E-state index is 13.3. The number of thioether (sulfide) groups is 1. The summed E-state index contributed by atoms with van der Waals surface area (Å²) in [6.07, 6.45) is 1.84. The molecule has 2 aromatic carbocycles. The van der Waals surface area contributed by atoms with Crippen molar-refractivity contribution >= 4 is 28.4 Å². The molecule has 1 aliphatic rings. The van der Waals surface area contributed by atoms with Crippen molar-refractivity contribution in [2.24, 2.45) is 0 Å². The number of Topliss-reactive ketones (excluding diaryl/α,β-unsaturated/α-hetero) is 1. The molecular weight excluding hydrogens is 462 g/mol. The van der Waals surface area contributed by atoms with Crippen LogP contribution in [0.3, 0.4) is 0 Å². The zero-order chi connectivity index (χ0) is 24.5. The van der Waals surface area contributed by atoms with Crippen LogP contribution in [0.5, 0.6) is 11.5 Å². The Labute approximate surface area is 207 Å². The molecule has 0 fully saturated rings. The van der Waals surface area contributed by atoms with Crippen LogP contribution >= 0.6 is 11.8 Å². The molecule has 0 saturated carbocycles. The Morgan fingerprint density at radius 2 is 1.89 bits per heavy atom. The molecule has 0 radical (unpaired) electrons. The summed E-state index contributed by atoms with van der Waals surface area (Å²) in [4.78, 5) is 31.1. The van der Waals surface area contributed by atoms with E-state index in [-0.39, 0.29) is 23.9 Å². The fourth-order valence-electron chi connectivity index (χ4n) is 4.45. The maximum absolute atomic E-state index is 13.3. The van der Waals surface area contributed by atoms with Crippen LogP contribution in [-0.4, -0.2) is 32.4 Å². The highest BCUT2D eigenvalue weighted by Gasteiger charge is 2.21. The lowest BCUT2D eigenvalue weighted by atomic mass is 10.2. The van der Waals surface area contributed by atoms with Crippen LogP contribution < -0.4 is 15.0 Å². The van der Waals surface area contributed by atoms with E-state index in [2.05, 4.69) is 6.92 Å². The van der Waals surface area contributed by atoms with Crippen molar-refractivity contribution in [2.75, 3.05) is 12.5 Å². The summed E-state index contributed by atoms with van der Waals surface area (Å²) in [6, 6.07) is 15.1. The van der Waals surface area contributed by atoms with Crippen LogP contribution in [0.1, 0.15) is 41.5 Å². The van der Waals surface area contributed by atoms with E-state index in [0.29, 0.717) is 33.9 Å². The number of para-hydroxylation sites is 1. The molecular formula is C27H27N3O4S. The Balaban J connectivity index is 1.42. The molecule has 0 aliphatic carbocycles. The van der Waals surface area contributed by atoms with Crippen molar-refractivity contribution in [3.05, 3.63) is 75.8 Å². The smallest absolute Gasteiger partial charge is 0.262 e. The maximum Gasteiger partial charge on any atom is 0.262 e. The predicted molar refractivity (Wildman–Crippen MR) is 137 cm³/mol. The first-order chi connectivity index (χ1) is 17.0. The summed E-state index contributed by atoms with van der Waals surface area (Å²) < 4.78 is 14.7. The number of hydrogen-bond acceptors (Lipinski definition) is 6. The quantitative estimate of drug-likeness (QED) is 0.190. The Hall–Kier alpha value is -3.52. The zero-order valence-corrected chi connectivity index (χ0v) is 20.9. The molecule has 180 valence electrons. The molecule has 1 aliphatic heterocycles. The summed E-state index contributed by atoms with van der Waals surface area (Å²) in [6.45, 7) is 6.82. The average molecular weight is 490 g/mol. The molecule has 0 atom stereocenters. The number of ether oxygens (including phenoxy) is 2. The van der Waals surface area contributed by atoms with Gasteiger partial charge in [-0.3, -0.25) is 14.2 Å². The number of aromatic nitrogens is 3. The highest BCUT2D eigenvalue weighted by atomic mass is 32.2. The number of hydrogen-bond donors (Lipinski definition) is 0. The number of unbranched alkanes of at least 4 members (excludes halogenated alkanes) is 1. The highest BCUT2D eigenvalue weighted by Crippen LogP contribution is 2.35. The predicted octanol–water partition coefficient (Wildman–Crippen LogP) is 5.31. The third kappa shape index (κ3) is 4.34. The molecule has 2 aromatic heterocycles. The third-order valence-corrected chi connectivity index (χ3v) is 7.22. The van der Waals surface area contributed by atoms with Crippen molar-refractivity contribution in [3.8, 4) is 17.2 Å². The normalized spacial score (nSPS) is 12.4. The van der Waals surface area contributed by atoms with Gasteiger partial charge in [-0.1, -0.05) is 37.2 Å². The minimum absolute atomic E-state index is 0.000424. The van der Waals surface area contributed by atoms with Crippen molar-refractivity contribution in [1.82, 2.24) is 14.1 Å². The second-order valence-electron chi connectivity index (χ2n) is 8.59. The number of rotatable bonds is 8. The van der Waals surface area contributed by atoms with Gasteiger partial charge in [-0.2, -0.15) is 0 Å². The van der Waals surface area contributed by atoms with Crippen LogP contribution in [0.2, 0.25) is 0 Å². The fourth-order valence-corrected chi connectivity index (χ4v) is 5.35. The van der Waals surface area contributed by atoms with Gasteiger partial charge in [0.1, 0.15) is 0 Å². The molecule has 0 bridgehead atoms. The molecule has 4 aromatic rings. The van der Waals surface area contributed by atoms with E-state index >= 15 is 0 Å². The summed E-state index contributed by atoms with van der Waals surface area (Å²) >= 11 is 1.32.